The average molecular weight is 399 g/mol. The number of aromatic nitrogens is 1. The number of hydrogen-bond acceptors (Lipinski definition) is 6. The van der Waals surface area contributed by atoms with E-state index in [9.17, 15) is 16.8 Å². The van der Waals surface area contributed by atoms with Crippen LogP contribution in [0.15, 0.2) is 38.6 Å². The molecule has 9 heteroatoms. The molecule has 2 aromatic rings. The maximum absolute atomic E-state index is 12.6. The molecule has 0 amide bonds. The van der Waals surface area contributed by atoms with Gasteiger partial charge in [0, 0.05) is 6.54 Å². The van der Waals surface area contributed by atoms with Gasteiger partial charge >= 0.3 is 0 Å². The molecule has 7 nitrogen and oxygen atoms in total. The highest BCUT2D eigenvalue weighted by Gasteiger charge is 2.40. The van der Waals surface area contributed by atoms with Crippen LogP contribution in [0.2, 0.25) is 0 Å². The number of rotatable bonds is 6. The van der Waals surface area contributed by atoms with Gasteiger partial charge in [0.25, 0.3) is 0 Å². The Hall–Kier alpha value is -1.71. The van der Waals surface area contributed by atoms with Gasteiger partial charge in [0.05, 0.1) is 10.1 Å². The maximum Gasteiger partial charge on any atom is 0.245 e. The topological polar surface area (TPSA) is 106 Å². The Morgan fingerprint density at radius 2 is 1.85 bits per heavy atom. The first kappa shape index (κ1) is 19.1. The van der Waals surface area contributed by atoms with Crippen LogP contribution in [0.25, 0.3) is 0 Å². The fourth-order valence-electron chi connectivity index (χ4n) is 3.24. The summed E-state index contributed by atoms with van der Waals surface area (Å²) in [5.41, 5.74) is 1.21. The number of hydrogen-bond donors (Lipinski definition) is 1. The van der Waals surface area contributed by atoms with Crippen molar-refractivity contribution in [1.82, 2.24) is 9.88 Å². The van der Waals surface area contributed by atoms with E-state index in [2.05, 4.69) is 9.88 Å². The van der Waals surface area contributed by atoms with Crippen LogP contribution in [0.4, 0.5) is 0 Å². The summed E-state index contributed by atoms with van der Waals surface area (Å²) < 4.78 is 57.5. The number of sulfonamides is 1. The highest BCUT2D eigenvalue weighted by molar-refractivity contribution is 7.92. The van der Waals surface area contributed by atoms with Crippen LogP contribution in [-0.4, -0.2) is 33.8 Å². The van der Waals surface area contributed by atoms with Crippen LogP contribution in [0, 0.1) is 26.7 Å². The largest absolute Gasteiger partial charge is 0.360 e. The molecule has 1 saturated carbocycles. The van der Waals surface area contributed by atoms with Gasteiger partial charge in [-0.2, -0.15) is 0 Å². The number of benzene rings is 1. The Labute approximate surface area is 153 Å². The maximum atomic E-state index is 12.6. The molecule has 1 aliphatic rings. The predicted octanol–water partition coefficient (Wildman–Crippen LogP) is 2.13. The van der Waals surface area contributed by atoms with Crippen molar-refractivity contribution in [2.45, 2.75) is 48.7 Å². The third kappa shape index (κ3) is 3.56. The van der Waals surface area contributed by atoms with E-state index < -0.39 is 25.1 Å². The van der Waals surface area contributed by atoms with Crippen molar-refractivity contribution in [3.8, 4) is 0 Å². The fraction of sp³-hybridized carbons (Fsp3) is 0.471. The van der Waals surface area contributed by atoms with E-state index in [1.807, 2.05) is 13.0 Å². The van der Waals surface area contributed by atoms with Gasteiger partial charge in [-0.1, -0.05) is 17.3 Å². The zero-order chi connectivity index (χ0) is 19.1. The summed E-state index contributed by atoms with van der Waals surface area (Å²) in [6.07, 6.45) is 0.890. The SMILES string of the molecule is Cc1cccc(S(=O)(=O)C2CC(CNS(=O)(=O)c3c(C)noc3C)C2)c1. The van der Waals surface area contributed by atoms with E-state index in [-0.39, 0.29) is 23.1 Å². The molecule has 1 fully saturated rings. The second-order valence-electron chi connectivity index (χ2n) is 6.83. The van der Waals surface area contributed by atoms with Crippen LogP contribution in [-0.2, 0) is 19.9 Å². The van der Waals surface area contributed by atoms with Crippen molar-refractivity contribution in [3.05, 3.63) is 41.3 Å². The first-order valence-corrected chi connectivity index (χ1v) is 11.4. The quantitative estimate of drug-likeness (QED) is 0.799. The summed E-state index contributed by atoms with van der Waals surface area (Å²) in [6.45, 7) is 5.17. The van der Waals surface area contributed by atoms with Crippen LogP contribution >= 0.6 is 0 Å². The van der Waals surface area contributed by atoms with E-state index >= 15 is 0 Å². The molecular formula is C17H22N2O5S2. The molecule has 1 heterocycles. The molecule has 0 radical (unpaired) electrons. The molecule has 1 N–H and O–H groups in total. The molecule has 0 unspecified atom stereocenters. The van der Waals surface area contributed by atoms with E-state index in [0.717, 1.165) is 5.56 Å². The van der Waals surface area contributed by atoms with Crippen LogP contribution in [0.3, 0.4) is 0 Å². The van der Waals surface area contributed by atoms with Gasteiger partial charge in [0.1, 0.15) is 10.6 Å². The Bertz CT molecular complexity index is 1000. The minimum absolute atomic E-state index is 0.00479. The third-order valence-corrected chi connectivity index (χ3v) is 8.59. The van der Waals surface area contributed by atoms with Crippen molar-refractivity contribution in [2.24, 2.45) is 5.92 Å². The van der Waals surface area contributed by atoms with Crippen LogP contribution in [0.1, 0.15) is 29.9 Å². The molecule has 0 spiro atoms. The average Bonchev–Trinajstić information content (AvgIpc) is 2.85. The number of aryl methyl sites for hydroxylation is 3. The van der Waals surface area contributed by atoms with Gasteiger partial charge in [-0.05, 0) is 57.2 Å². The van der Waals surface area contributed by atoms with E-state index in [0.29, 0.717) is 23.4 Å². The summed E-state index contributed by atoms with van der Waals surface area (Å²) in [6, 6.07) is 6.86. The minimum Gasteiger partial charge on any atom is -0.360 e. The third-order valence-electron chi connectivity index (χ3n) is 4.75. The van der Waals surface area contributed by atoms with E-state index in [1.165, 1.54) is 0 Å². The molecule has 1 aromatic heterocycles. The monoisotopic (exact) mass is 398 g/mol. The predicted molar refractivity (Wildman–Crippen MR) is 96.0 cm³/mol. The molecule has 3 rings (SSSR count). The fourth-order valence-corrected chi connectivity index (χ4v) is 6.73. The Balaban J connectivity index is 1.61. The number of nitrogens with one attached hydrogen (secondary N) is 1. The van der Waals surface area contributed by atoms with Gasteiger partial charge in [-0.15, -0.1) is 0 Å². The molecule has 0 saturated heterocycles. The van der Waals surface area contributed by atoms with Crippen molar-refractivity contribution in [2.75, 3.05) is 6.54 Å². The molecule has 0 aliphatic heterocycles. The molecule has 0 bridgehead atoms. The first-order chi connectivity index (χ1) is 12.1. The summed E-state index contributed by atoms with van der Waals surface area (Å²) in [4.78, 5) is 0.387. The van der Waals surface area contributed by atoms with E-state index in [4.69, 9.17) is 4.52 Å². The lowest BCUT2D eigenvalue weighted by Gasteiger charge is -2.34. The minimum atomic E-state index is -3.72. The molecule has 142 valence electrons. The number of nitrogens with zero attached hydrogens (tertiary/aromatic N) is 1. The highest BCUT2D eigenvalue weighted by atomic mass is 32.2. The van der Waals surface area contributed by atoms with Crippen LogP contribution in [0.5, 0.6) is 0 Å². The molecule has 26 heavy (non-hydrogen) atoms. The smallest absolute Gasteiger partial charge is 0.245 e. The highest BCUT2D eigenvalue weighted by Crippen LogP contribution is 2.36. The standard InChI is InChI=1S/C17H22N2O5S2/c1-11-5-4-6-15(7-11)25(20,21)16-8-14(9-16)10-18-26(22,23)17-12(2)19-24-13(17)3/h4-7,14,16,18H,8-10H2,1-3H3. The second-order valence-corrected chi connectivity index (χ2v) is 10.8. The van der Waals surface area contributed by atoms with Crippen LogP contribution < -0.4 is 4.72 Å². The summed E-state index contributed by atoms with van der Waals surface area (Å²) in [7, 11) is -7.09. The molecule has 1 aliphatic carbocycles. The zero-order valence-electron chi connectivity index (χ0n) is 14.9. The van der Waals surface area contributed by atoms with Gasteiger partial charge < -0.3 is 4.52 Å². The normalized spacial score (nSPS) is 20.7. The molecule has 0 atom stereocenters. The summed E-state index contributed by atoms with van der Waals surface area (Å²) in [5, 5.41) is 3.19. The van der Waals surface area contributed by atoms with Gasteiger partial charge in [0.15, 0.2) is 15.6 Å². The van der Waals surface area contributed by atoms with Gasteiger partial charge in [-0.25, -0.2) is 21.6 Å². The van der Waals surface area contributed by atoms with Crippen molar-refractivity contribution >= 4 is 19.9 Å². The first-order valence-electron chi connectivity index (χ1n) is 8.34. The molecule has 1 aromatic carbocycles. The Kier molecular flexibility index (Phi) is 4.98. The summed E-state index contributed by atoms with van der Waals surface area (Å²) in [5.74, 6) is 0.235. The van der Waals surface area contributed by atoms with Gasteiger partial charge in [0.2, 0.25) is 10.0 Å². The second kappa shape index (κ2) is 6.79. The molecular weight excluding hydrogens is 376 g/mol. The summed E-state index contributed by atoms with van der Waals surface area (Å²) >= 11 is 0. The number of sulfone groups is 1. The lowest BCUT2D eigenvalue weighted by molar-refractivity contribution is 0.316. The van der Waals surface area contributed by atoms with Crippen molar-refractivity contribution in [1.29, 1.82) is 0 Å². The van der Waals surface area contributed by atoms with Gasteiger partial charge in [-0.3, -0.25) is 0 Å². The lowest BCUT2D eigenvalue weighted by Crippen LogP contribution is -2.42. The van der Waals surface area contributed by atoms with Crippen molar-refractivity contribution in [3.63, 3.8) is 0 Å². The zero-order valence-corrected chi connectivity index (χ0v) is 16.5. The lowest BCUT2D eigenvalue weighted by atomic mass is 9.85. The van der Waals surface area contributed by atoms with Crippen molar-refractivity contribution < 1.29 is 21.4 Å². The Morgan fingerprint density at radius 3 is 2.42 bits per heavy atom. The Morgan fingerprint density at radius 1 is 1.15 bits per heavy atom. The van der Waals surface area contributed by atoms with E-state index in [1.54, 1.807) is 32.0 Å².